The van der Waals surface area contributed by atoms with E-state index in [-0.39, 0.29) is 12.8 Å². The average Bonchev–Trinajstić information content (AvgIpc) is 2.47. The van der Waals surface area contributed by atoms with E-state index in [1.165, 1.54) is 12.3 Å². The van der Waals surface area contributed by atoms with Gasteiger partial charge >= 0.3 is 5.97 Å². The minimum absolute atomic E-state index is 0.0436. The average molecular weight is 157 g/mol. The maximum absolute atomic E-state index is 10.2. The summed E-state index contributed by atoms with van der Waals surface area (Å²) in [6, 6.07) is 1.51. The van der Waals surface area contributed by atoms with E-state index in [2.05, 4.69) is 5.10 Å². The van der Waals surface area contributed by atoms with Gasteiger partial charge in [-0.25, -0.2) is 0 Å². The van der Waals surface area contributed by atoms with E-state index in [1.807, 2.05) is 0 Å². The van der Waals surface area contributed by atoms with Gasteiger partial charge in [0.05, 0.1) is 12.1 Å². The van der Waals surface area contributed by atoms with Gasteiger partial charge in [-0.3, -0.25) is 9.48 Å². The van der Waals surface area contributed by atoms with Crippen molar-refractivity contribution < 1.29 is 14.0 Å². The number of hydrogen-bond donors (Lipinski definition) is 1. The van der Waals surface area contributed by atoms with Crippen LogP contribution in [0.25, 0.3) is 0 Å². The normalized spacial score (nSPS) is 15.1. The van der Waals surface area contributed by atoms with Crippen LogP contribution in [0.4, 0.5) is 0 Å². The van der Waals surface area contributed by atoms with Crippen molar-refractivity contribution in [3.63, 3.8) is 0 Å². The fourth-order valence-electron chi connectivity index (χ4n) is 0.730. The van der Waals surface area contributed by atoms with Gasteiger partial charge in [0.15, 0.2) is 0 Å². The fourth-order valence-corrected chi connectivity index (χ4v) is 0.730. The lowest BCUT2D eigenvalue weighted by molar-refractivity contribution is -0.136. The Morgan fingerprint density at radius 1 is 2.00 bits per heavy atom. The Labute approximate surface area is 68.7 Å². The highest BCUT2D eigenvalue weighted by molar-refractivity contribution is 5.66. The van der Waals surface area contributed by atoms with E-state index in [9.17, 15) is 4.79 Å². The third kappa shape index (κ3) is 2.41. The van der Waals surface area contributed by atoms with Crippen molar-refractivity contribution >= 4 is 5.97 Å². The molecule has 1 aromatic rings. The molecular weight excluding hydrogens is 144 g/mol. The molecule has 0 radical (unpaired) electrons. The quantitative estimate of drug-likeness (QED) is 0.692. The molecule has 1 heterocycles. The molecule has 0 amide bonds. The van der Waals surface area contributed by atoms with Crippen LogP contribution in [0.3, 0.4) is 0 Å². The van der Waals surface area contributed by atoms with Crippen LogP contribution in [-0.2, 0) is 18.2 Å². The number of hydrogen-bond acceptors (Lipinski definition) is 2. The molecule has 0 aromatic carbocycles. The van der Waals surface area contributed by atoms with Gasteiger partial charge in [-0.1, -0.05) is 0 Å². The number of nitrogens with zero attached hydrogens (tertiary/aromatic N) is 2. The summed E-state index contributed by atoms with van der Waals surface area (Å²) in [5.41, 5.74) is 0.475. The lowest BCUT2D eigenvalue weighted by Gasteiger charge is -1.90. The van der Waals surface area contributed by atoms with Gasteiger partial charge in [0.1, 0.15) is 0 Å². The van der Waals surface area contributed by atoms with Crippen LogP contribution >= 0.6 is 0 Å². The number of rotatable bonds is 3. The molecule has 1 rings (SSSR count). The Balaban J connectivity index is 2.64. The van der Waals surface area contributed by atoms with Crippen molar-refractivity contribution in [1.82, 2.24) is 9.78 Å². The largest absolute Gasteiger partial charge is 0.481 e. The van der Waals surface area contributed by atoms with Crippen LogP contribution in [0.15, 0.2) is 12.3 Å². The van der Waals surface area contributed by atoms with Gasteiger partial charge in [-0.05, 0) is 6.07 Å². The predicted molar refractivity (Wildman–Crippen MR) is 39.2 cm³/mol. The highest BCUT2D eigenvalue weighted by atomic mass is 16.4. The van der Waals surface area contributed by atoms with Gasteiger partial charge < -0.3 is 5.11 Å². The summed E-state index contributed by atoms with van der Waals surface area (Å²) in [5, 5.41) is 12.1. The molecule has 0 aliphatic rings. The van der Waals surface area contributed by atoms with Gasteiger partial charge in [-0.15, -0.1) is 0 Å². The van der Waals surface area contributed by atoms with Crippen LogP contribution in [0.2, 0.25) is 0 Å². The molecule has 0 fully saturated rings. The molecule has 1 aromatic heterocycles. The second kappa shape index (κ2) is 3.18. The second-order valence-electron chi connectivity index (χ2n) is 2.15. The lowest BCUT2D eigenvalue weighted by Crippen LogP contribution is -1.98. The Kier molecular flexibility index (Phi) is 1.31. The summed E-state index contributed by atoms with van der Waals surface area (Å²) in [6.07, 6.45) is 1.53. The smallest absolute Gasteiger partial charge is 0.303 e. The van der Waals surface area contributed by atoms with Crippen molar-refractivity contribution in [2.45, 2.75) is 12.8 Å². The topological polar surface area (TPSA) is 55.1 Å². The molecule has 4 nitrogen and oxygen atoms in total. The maximum Gasteiger partial charge on any atom is 0.303 e. The molecule has 0 unspecified atom stereocenters. The monoisotopic (exact) mass is 157 g/mol. The molecule has 0 aliphatic heterocycles. The summed E-state index contributed by atoms with van der Waals surface area (Å²) in [6.45, 7) is -2.29. The minimum Gasteiger partial charge on any atom is -0.481 e. The summed E-state index contributed by atoms with van der Waals surface area (Å²) in [5.74, 6) is -0.923. The summed E-state index contributed by atoms with van der Waals surface area (Å²) < 4.78 is 21.9. The molecule has 0 saturated heterocycles. The Morgan fingerprint density at radius 3 is 3.36 bits per heavy atom. The molecule has 0 atom stereocenters. The fraction of sp³-hybridized carbons (Fsp3) is 0.429. The zero-order valence-corrected chi connectivity index (χ0v) is 5.82. The van der Waals surface area contributed by atoms with Crippen LogP contribution in [0.1, 0.15) is 16.2 Å². The predicted octanol–water partition coefficient (Wildman–Crippen LogP) is 0.437. The second-order valence-corrected chi connectivity index (χ2v) is 2.15. The molecule has 11 heavy (non-hydrogen) atoms. The van der Waals surface area contributed by atoms with E-state index >= 15 is 0 Å². The van der Waals surface area contributed by atoms with E-state index in [0.717, 1.165) is 4.68 Å². The van der Waals surface area contributed by atoms with Crippen molar-refractivity contribution in [3.05, 3.63) is 18.0 Å². The first-order valence-corrected chi connectivity index (χ1v) is 3.16. The number of carboxylic acid groups (broad SMARTS) is 1. The van der Waals surface area contributed by atoms with Crippen LogP contribution < -0.4 is 0 Å². The molecular formula is C7H10N2O2. The van der Waals surface area contributed by atoms with E-state index in [0.29, 0.717) is 5.69 Å². The van der Waals surface area contributed by atoms with Gasteiger partial charge in [0, 0.05) is 23.7 Å². The van der Waals surface area contributed by atoms with Crippen LogP contribution in [0.5, 0.6) is 0 Å². The molecule has 1 N–H and O–H groups in total. The van der Waals surface area contributed by atoms with Gasteiger partial charge in [-0.2, -0.15) is 5.10 Å². The SMILES string of the molecule is [2H]C([2H])([2H])n1ccc(CCC(=O)O)n1. The zero-order valence-electron chi connectivity index (χ0n) is 8.82. The maximum atomic E-state index is 10.2. The first-order valence-electron chi connectivity index (χ1n) is 4.66. The van der Waals surface area contributed by atoms with E-state index in [1.54, 1.807) is 0 Å². The van der Waals surface area contributed by atoms with E-state index < -0.39 is 12.9 Å². The third-order valence-electron chi connectivity index (χ3n) is 1.24. The van der Waals surface area contributed by atoms with Crippen molar-refractivity contribution in [1.29, 1.82) is 0 Å². The number of aromatic nitrogens is 2. The molecule has 60 valence electrons. The number of carboxylic acids is 1. The Hall–Kier alpha value is -1.32. The molecule has 0 saturated carbocycles. The standard InChI is InChI=1S/C7H10N2O2/c1-9-5-4-6(8-9)2-3-7(10)11/h4-5H,2-3H2,1H3,(H,10,11)/i1D3. The zero-order chi connectivity index (χ0) is 10.8. The highest BCUT2D eigenvalue weighted by Crippen LogP contribution is 1.98. The molecule has 0 bridgehead atoms. The van der Waals surface area contributed by atoms with Gasteiger partial charge in [0.25, 0.3) is 0 Å². The third-order valence-corrected chi connectivity index (χ3v) is 1.24. The molecule has 0 spiro atoms. The number of aliphatic carboxylic acids is 1. The highest BCUT2D eigenvalue weighted by Gasteiger charge is 2.00. The summed E-state index contributed by atoms with van der Waals surface area (Å²) >= 11 is 0. The van der Waals surface area contributed by atoms with Gasteiger partial charge in [0.2, 0.25) is 0 Å². The first kappa shape index (κ1) is 4.54. The van der Waals surface area contributed by atoms with Crippen molar-refractivity contribution in [2.24, 2.45) is 6.98 Å². The number of carbonyl (C=O) groups is 1. The van der Waals surface area contributed by atoms with Crippen molar-refractivity contribution in [2.75, 3.05) is 0 Å². The van der Waals surface area contributed by atoms with Crippen LogP contribution in [0, 0.1) is 0 Å². The van der Waals surface area contributed by atoms with Crippen LogP contribution in [-0.4, -0.2) is 20.9 Å². The Morgan fingerprint density at radius 2 is 2.82 bits per heavy atom. The first-order chi connectivity index (χ1) is 6.39. The summed E-state index contributed by atoms with van der Waals surface area (Å²) in [4.78, 5) is 10.2. The summed E-state index contributed by atoms with van der Waals surface area (Å²) in [7, 11) is 0. The Bertz CT molecular complexity index is 332. The lowest BCUT2D eigenvalue weighted by atomic mass is 10.2. The molecule has 4 heteroatoms. The number of aryl methyl sites for hydroxylation is 2. The molecule has 0 aliphatic carbocycles. The minimum atomic E-state index is -2.29. The van der Waals surface area contributed by atoms with E-state index in [4.69, 9.17) is 9.22 Å². The van der Waals surface area contributed by atoms with Crippen molar-refractivity contribution in [3.8, 4) is 0 Å².